The van der Waals surface area contributed by atoms with Crippen LogP contribution in [0.3, 0.4) is 0 Å². The fourth-order valence-corrected chi connectivity index (χ4v) is 3.40. The van der Waals surface area contributed by atoms with E-state index in [1.54, 1.807) is 6.20 Å². The maximum absolute atomic E-state index is 5.88. The number of hydrogen-bond acceptors (Lipinski definition) is 2. The van der Waals surface area contributed by atoms with Crippen LogP contribution in [0, 0.1) is 0 Å². The van der Waals surface area contributed by atoms with Crippen LogP contribution in [0.2, 0.25) is 0 Å². The van der Waals surface area contributed by atoms with Gasteiger partial charge in [0.1, 0.15) is 12.4 Å². The number of nitrogens with zero attached hydrogens (tertiary/aromatic N) is 1. The van der Waals surface area contributed by atoms with Crippen LogP contribution in [0.4, 0.5) is 0 Å². The molecule has 3 aromatic rings. The van der Waals surface area contributed by atoms with E-state index >= 15 is 0 Å². The van der Waals surface area contributed by atoms with Gasteiger partial charge in [-0.25, -0.2) is 0 Å². The molecule has 0 N–H and O–H groups in total. The number of rotatable bonds is 9. The fraction of sp³-hybridized carbons (Fsp3) is 0.185. The normalized spacial score (nSPS) is 11.5. The summed E-state index contributed by atoms with van der Waals surface area (Å²) in [6.07, 6.45) is 2.76. The first-order chi connectivity index (χ1) is 14.2. The summed E-state index contributed by atoms with van der Waals surface area (Å²) >= 11 is 0. The zero-order valence-electron chi connectivity index (χ0n) is 17.3. The van der Waals surface area contributed by atoms with E-state index in [9.17, 15) is 0 Å². The Morgan fingerprint density at radius 1 is 0.828 bits per heavy atom. The molecule has 0 radical (unpaired) electrons. The Kier molecular flexibility index (Phi) is 7.29. The van der Waals surface area contributed by atoms with Gasteiger partial charge < -0.3 is 9.64 Å². The molecule has 0 unspecified atom stereocenters. The van der Waals surface area contributed by atoms with Crippen LogP contribution in [0.15, 0.2) is 97.7 Å². The van der Waals surface area contributed by atoms with Gasteiger partial charge in [0.05, 0.1) is 6.54 Å². The van der Waals surface area contributed by atoms with Crippen LogP contribution in [0.1, 0.15) is 30.0 Å². The van der Waals surface area contributed by atoms with Crippen molar-refractivity contribution in [1.82, 2.24) is 4.90 Å². The first-order valence-electron chi connectivity index (χ1n) is 10.1. The van der Waals surface area contributed by atoms with E-state index in [1.165, 1.54) is 27.8 Å². The highest BCUT2D eigenvalue weighted by molar-refractivity contribution is 5.98. The SMILES string of the molecule is C=CN(C)CCOc1ccc(/C(=C(/CC)c2ccccc2)c2ccccc2)cc1. The zero-order chi connectivity index (χ0) is 20.5. The van der Waals surface area contributed by atoms with Crippen molar-refractivity contribution < 1.29 is 4.74 Å². The van der Waals surface area contributed by atoms with Crippen molar-refractivity contribution in [2.24, 2.45) is 0 Å². The Morgan fingerprint density at radius 3 is 1.93 bits per heavy atom. The second-order valence-corrected chi connectivity index (χ2v) is 6.98. The van der Waals surface area contributed by atoms with E-state index in [4.69, 9.17) is 4.74 Å². The molecule has 0 bridgehead atoms. The van der Waals surface area contributed by atoms with Crippen molar-refractivity contribution in [1.29, 1.82) is 0 Å². The molecule has 29 heavy (non-hydrogen) atoms. The third-order valence-corrected chi connectivity index (χ3v) is 5.01. The van der Waals surface area contributed by atoms with Crippen LogP contribution in [0.5, 0.6) is 5.75 Å². The van der Waals surface area contributed by atoms with Gasteiger partial charge in [-0.3, -0.25) is 0 Å². The van der Waals surface area contributed by atoms with Gasteiger partial charge in [0.15, 0.2) is 0 Å². The summed E-state index contributed by atoms with van der Waals surface area (Å²) in [6.45, 7) is 7.43. The lowest BCUT2D eigenvalue weighted by Crippen LogP contribution is -2.18. The molecule has 3 rings (SSSR count). The predicted octanol–water partition coefficient (Wildman–Crippen LogP) is 6.51. The molecule has 0 fully saturated rings. The molecule has 0 aliphatic rings. The monoisotopic (exact) mass is 383 g/mol. The summed E-state index contributed by atoms with van der Waals surface area (Å²) in [7, 11) is 1.99. The maximum Gasteiger partial charge on any atom is 0.119 e. The average molecular weight is 384 g/mol. The molecule has 0 aromatic heterocycles. The lowest BCUT2D eigenvalue weighted by atomic mass is 9.88. The van der Waals surface area contributed by atoms with Crippen molar-refractivity contribution in [2.45, 2.75) is 13.3 Å². The predicted molar refractivity (Wildman–Crippen MR) is 124 cm³/mol. The van der Waals surface area contributed by atoms with Crippen molar-refractivity contribution in [2.75, 3.05) is 20.2 Å². The molecule has 0 saturated heterocycles. The lowest BCUT2D eigenvalue weighted by molar-refractivity contribution is 0.274. The average Bonchev–Trinajstić information content (AvgIpc) is 2.79. The molecule has 3 aromatic carbocycles. The van der Waals surface area contributed by atoms with E-state index in [0.29, 0.717) is 6.61 Å². The molecule has 0 aliphatic carbocycles. The largest absolute Gasteiger partial charge is 0.492 e. The van der Waals surface area contributed by atoms with Gasteiger partial charge >= 0.3 is 0 Å². The van der Waals surface area contributed by atoms with E-state index in [0.717, 1.165) is 18.7 Å². The summed E-state index contributed by atoms with van der Waals surface area (Å²) in [6, 6.07) is 29.7. The Labute approximate surface area is 174 Å². The van der Waals surface area contributed by atoms with Crippen molar-refractivity contribution in [3.8, 4) is 5.75 Å². The van der Waals surface area contributed by atoms with Gasteiger partial charge in [0.2, 0.25) is 0 Å². The summed E-state index contributed by atoms with van der Waals surface area (Å²) in [5.74, 6) is 0.886. The molecular weight excluding hydrogens is 354 g/mol. The summed E-state index contributed by atoms with van der Waals surface area (Å²) in [5, 5.41) is 0. The molecule has 2 nitrogen and oxygen atoms in total. The van der Waals surface area contributed by atoms with E-state index < -0.39 is 0 Å². The molecule has 0 heterocycles. The fourth-order valence-electron chi connectivity index (χ4n) is 3.40. The first kappa shape index (κ1) is 20.5. The number of hydrogen-bond donors (Lipinski definition) is 0. The van der Waals surface area contributed by atoms with Crippen LogP contribution < -0.4 is 4.74 Å². The van der Waals surface area contributed by atoms with Crippen molar-refractivity contribution in [3.05, 3.63) is 114 Å². The van der Waals surface area contributed by atoms with Gasteiger partial charge in [-0.1, -0.05) is 86.3 Å². The number of allylic oxidation sites excluding steroid dienone is 1. The standard InChI is InChI=1S/C27H29NO/c1-4-26(22-12-8-6-9-13-22)27(23-14-10-7-11-15-23)24-16-18-25(19-17-24)29-21-20-28(3)5-2/h5-19H,2,4,20-21H2,1,3H3/b27-26-. The molecule has 0 atom stereocenters. The number of likely N-dealkylation sites (N-methyl/N-ethyl adjacent to an activating group) is 1. The Hall–Kier alpha value is -3.26. The minimum Gasteiger partial charge on any atom is -0.492 e. The smallest absolute Gasteiger partial charge is 0.119 e. The quantitative estimate of drug-likeness (QED) is 0.391. The molecular formula is C27H29NO. The highest BCUT2D eigenvalue weighted by atomic mass is 16.5. The van der Waals surface area contributed by atoms with Crippen molar-refractivity contribution >= 4 is 11.1 Å². The Balaban J connectivity index is 1.95. The third kappa shape index (κ3) is 5.39. The van der Waals surface area contributed by atoms with Gasteiger partial charge in [0, 0.05) is 7.05 Å². The zero-order valence-corrected chi connectivity index (χ0v) is 17.3. The second kappa shape index (κ2) is 10.3. The van der Waals surface area contributed by atoms with Gasteiger partial charge in [-0.05, 0) is 52.6 Å². The lowest BCUT2D eigenvalue weighted by Gasteiger charge is -2.17. The van der Waals surface area contributed by atoms with Gasteiger partial charge in [0.25, 0.3) is 0 Å². The summed E-state index contributed by atoms with van der Waals surface area (Å²) < 4.78 is 5.88. The van der Waals surface area contributed by atoms with Crippen LogP contribution >= 0.6 is 0 Å². The van der Waals surface area contributed by atoms with E-state index in [-0.39, 0.29) is 0 Å². The number of benzene rings is 3. The van der Waals surface area contributed by atoms with Crippen molar-refractivity contribution in [3.63, 3.8) is 0 Å². The molecule has 148 valence electrons. The first-order valence-corrected chi connectivity index (χ1v) is 10.1. The summed E-state index contributed by atoms with van der Waals surface area (Å²) in [5.41, 5.74) is 6.32. The molecule has 0 spiro atoms. The second-order valence-electron chi connectivity index (χ2n) is 6.98. The highest BCUT2D eigenvalue weighted by Gasteiger charge is 2.13. The molecule has 0 saturated carbocycles. The van der Waals surface area contributed by atoms with Gasteiger partial charge in [-0.2, -0.15) is 0 Å². The van der Waals surface area contributed by atoms with Crippen LogP contribution in [0.25, 0.3) is 11.1 Å². The van der Waals surface area contributed by atoms with E-state index in [2.05, 4.69) is 98.4 Å². The third-order valence-electron chi connectivity index (χ3n) is 5.01. The van der Waals surface area contributed by atoms with Crippen LogP contribution in [-0.2, 0) is 0 Å². The Bertz CT molecular complexity index is 927. The summed E-state index contributed by atoms with van der Waals surface area (Å²) in [4.78, 5) is 2.01. The van der Waals surface area contributed by atoms with E-state index in [1.807, 2.05) is 11.9 Å². The molecule has 0 amide bonds. The minimum absolute atomic E-state index is 0.632. The number of ether oxygens (including phenoxy) is 1. The Morgan fingerprint density at radius 2 is 1.38 bits per heavy atom. The van der Waals surface area contributed by atoms with Crippen LogP contribution in [-0.4, -0.2) is 25.1 Å². The van der Waals surface area contributed by atoms with Gasteiger partial charge in [-0.15, -0.1) is 0 Å². The molecule has 0 aliphatic heterocycles. The topological polar surface area (TPSA) is 12.5 Å². The minimum atomic E-state index is 0.632. The maximum atomic E-state index is 5.88. The molecule has 2 heteroatoms. The highest BCUT2D eigenvalue weighted by Crippen LogP contribution is 2.34.